The fourth-order valence-corrected chi connectivity index (χ4v) is 1.85. The maximum absolute atomic E-state index is 11.6. The predicted molar refractivity (Wildman–Crippen MR) is 73.9 cm³/mol. The van der Waals surface area contributed by atoms with Crippen molar-refractivity contribution in [1.82, 2.24) is 5.32 Å². The second-order valence-corrected chi connectivity index (χ2v) is 4.05. The van der Waals surface area contributed by atoms with E-state index in [1.165, 1.54) is 0 Å². The van der Waals surface area contributed by atoms with Gasteiger partial charge in [-0.25, -0.2) is 4.79 Å². The Morgan fingerprint density at radius 1 is 1.33 bits per heavy atom. The van der Waals surface area contributed by atoms with Crippen molar-refractivity contribution in [3.05, 3.63) is 29.3 Å². The van der Waals surface area contributed by atoms with Crippen LogP contribution < -0.4 is 16.4 Å². The van der Waals surface area contributed by atoms with E-state index in [9.17, 15) is 4.79 Å². The molecule has 98 valence electrons. The Labute approximate surface area is 107 Å². The number of amides is 2. The zero-order valence-electron chi connectivity index (χ0n) is 10.8. The topological polar surface area (TPSA) is 91.0 Å². The molecule has 5 nitrogen and oxygen atoms in total. The molecular formula is C13H20N4O. The third-order valence-electron chi connectivity index (χ3n) is 2.62. The quantitative estimate of drug-likeness (QED) is 0.486. The SMILES string of the molecule is CCCc1cccc(CC)c1NC(=O)NC(=N)N. The lowest BCUT2D eigenvalue weighted by molar-refractivity contribution is 0.256. The molecule has 1 aromatic rings. The Balaban J connectivity index is 2.96. The summed E-state index contributed by atoms with van der Waals surface area (Å²) in [5.74, 6) is -0.362. The first-order chi connectivity index (χ1) is 8.58. The molecule has 0 atom stereocenters. The molecule has 1 aromatic carbocycles. The summed E-state index contributed by atoms with van der Waals surface area (Å²) in [4.78, 5) is 11.6. The van der Waals surface area contributed by atoms with Crippen molar-refractivity contribution in [2.75, 3.05) is 5.32 Å². The Bertz CT molecular complexity index is 443. The normalized spacial score (nSPS) is 9.89. The van der Waals surface area contributed by atoms with Crippen molar-refractivity contribution in [2.24, 2.45) is 5.73 Å². The number of hydrogen-bond acceptors (Lipinski definition) is 2. The fourth-order valence-electron chi connectivity index (χ4n) is 1.85. The minimum absolute atomic E-state index is 0.362. The van der Waals surface area contributed by atoms with E-state index in [4.69, 9.17) is 11.1 Å². The van der Waals surface area contributed by atoms with E-state index in [1.54, 1.807) is 0 Å². The molecular weight excluding hydrogens is 228 g/mol. The minimum atomic E-state index is -0.472. The zero-order valence-corrected chi connectivity index (χ0v) is 10.8. The van der Waals surface area contributed by atoms with Gasteiger partial charge in [-0.2, -0.15) is 0 Å². The van der Waals surface area contributed by atoms with E-state index in [-0.39, 0.29) is 5.96 Å². The number of carbonyl (C=O) groups is 1. The van der Waals surface area contributed by atoms with E-state index < -0.39 is 6.03 Å². The van der Waals surface area contributed by atoms with Crippen LogP contribution in [0.5, 0.6) is 0 Å². The second kappa shape index (κ2) is 6.64. The summed E-state index contributed by atoms with van der Waals surface area (Å²) < 4.78 is 0. The summed E-state index contributed by atoms with van der Waals surface area (Å²) in [5, 5.41) is 12.0. The molecule has 0 fully saturated rings. The molecule has 0 aliphatic carbocycles. The lowest BCUT2D eigenvalue weighted by Crippen LogP contribution is -2.39. The first kappa shape index (κ1) is 14.0. The molecule has 0 spiro atoms. The van der Waals surface area contributed by atoms with Crippen molar-refractivity contribution in [3.63, 3.8) is 0 Å². The highest BCUT2D eigenvalue weighted by atomic mass is 16.2. The second-order valence-electron chi connectivity index (χ2n) is 4.05. The number of rotatable bonds is 4. The molecule has 0 saturated heterocycles. The average Bonchev–Trinajstić information content (AvgIpc) is 2.30. The number of hydrogen-bond donors (Lipinski definition) is 4. The summed E-state index contributed by atoms with van der Waals surface area (Å²) >= 11 is 0. The lowest BCUT2D eigenvalue weighted by Gasteiger charge is -2.15. The Hall–Kier alpha value is -2.04. The van der Waals surface area contributed by atoms with Crippen LogP contribution in [0.15, 0.2) is 18.2 Å². The van der Waals surface area contributed by atoms with Gasteiger partial charge in [0.15, 0.2) is 5.96 Å². The molecule has 2 amide bonds. The molecule has 1 rings (SSSR count). The number of nitrogens with two attached hydrogens (primary N) is 1. The average molecular weight is 248 g/mol. The van der Waals surface area contributed by atoms with Crippen LogP contribution >= 0.6 is 0 Å². The van der Waals surface area contributed by atoms with Crippen LogP contribution in [-0.2, 0) is 12.8 Å². The lowest BCUT2D eigenvalue weighted by atomic mass is 10.0. The van der Waals surface area contributed by atoms with Gasteiger partial charge in [-0.3, -0.25) is 10.7 Å². The van der Waals surface area contributed by atoms with Crippen LogP contribution in [0.25, 0.3) is 0 Å². The summed E-state index contributed by atoms with van der Waals surface area (Å²) in [6.45, 7) is 4.14. The Morgan fingerprint density at radius 3 is 2.56 bits per heavy atom. The molecule has 0 saturated carbocycles. The third-order valence-corrected chi connectivity index (χ3v) is 2.62. The highest BCUT2D eigenvalue weighted by Gasteiger charge is 2.10. The molecule has 0 aromatic heterocycles. The van der Waals surface area contributed by atoms with Gasteiger partial charge in [0.1, 0.15) is 0 Å². The monoisotopic (exact) mass is 248 g/mol. The highest BCUT2D eigenvalue weighted by molar-refractivity contribution is 6.01. The summed E-state index contributed by atoms with van der Waals surface area (Å²) in [6, 6.07) is 5.52. The fraction of sp³-hybridized carbons (Fsp3) is 0.385. The number of anilines is 1. The van der Waals surface area contributed by atoms with Crippen LogP contribution in [0.3, 0.4) is 0 Å². The maximum atomic E-state index is 11.6. The van der Waals surface area contributed by atoms with Gasteiger partial charge in [-0.05, 0) is 24.0 Å². The van der Waals surface area contributed by atoms with Crippen molar-refractivity contribution >= 4 is 17.7 Å². The van der Waals surface area contributed by atoms with Crippen LogP contribution in [-0.4, -0.2) is 12.0 Å². The van der Waals surface area contributed by atoms with Crippen LogP contribution in [0.2, 0.25) is 0 Å². The summed E-state index contributed by atoms with van der Waals surface area (Å²) in [6.07, 6.45) is 2.76. The van der Waals surface area contributed by atoms with Gasteiger partial charge in [-0.15, -0.1) is 0 Å². The summed E-state index contributed by atoms with van der Waals surface area (Å²) in [7, 11) is 0. The van der Waals surface area contributed by atoms with Crippen molar-refractivity contribution in [2.45, 2.75) is 33.1 Å². The van der Waals surface area contributed by atoms with Gasteiger partial charge in [0.25, 0.3) is 0 Å². The van der Waals surface area contributed by atoms with Crippen LogP contribution in [0.1, 0.15) is 31.4 Å². The first-order valence-electron chi connectivity index (χ1n) is 6.11. The molecule has 0 heterocycles. The molecule has 0 aliphatic heterocycles. The number of carbonyl (C=O) groups excluding carboxylic acids is 1. The standard InChI is InChI=1S/C13H20N4O/c1-3-6-10-8-5-7-9(4-2)11(10)16-13(18)17-12(14)15/h5,7-8H,3-4,6H2,1-2H3,(H5,14,15,16,17,18). The van der Waals surface area contributed by atoms with E-state index in [0.29, 0.717) is 0 Å². The molecule has 5 heteroatoms. The Morgan fingerprint density at radius 2 is 2.00 bits per heavy atom. The smallest absolute Gasteiger partial charge is 0.325 e. The van der Waals surface area contributed by atoms with Gasteiger partial charge in [0, 0.05) is 5.69 Å². The molecule has 5 N–H and O–H groups in total. The Kier molecular flexibility index (Phi) is 5.17. The molecule has 0 bridgehead atoms. The van der Waals surface area contributed by atoms with E-state index in [1.807, 2.05) is 25.1 Å². The van der Waals surface area contributed by atoms with Gasteiger partial charge in [-0.1, -0.05) is 38.5 Å². The van der Waals surface area contributed by atoms with Crippen molar-refractivity contribution < 1.29 is 4.79 Å². The van der Waals surface area contributed by atoms with Gasteiger partial charge in [0.05, 0.1) is 0 Å². The largest absolute Gasteiger partial charge is 0.370 e. The van der Waals surface area contributed by atoms with Gasteiger partial charge < -0.3 is 11.1 Å². The summed E-state index contributed by atoms with van der Waals surface area (Å²) in [5.41, 5.74) is 8.15. The number of para-hydroxylation sites is 1. The highest BCUT2D eigenvalue weighted by Crippen LogP contribution is 2.23. The van der Waals surface area contributed by atoms with Crippen molar-refractivity contribution in [1.29, 1.82) is 5.41 Å². The number of aryl methyl sites for hydroxylation is 2. The maximum Gasteiger partial charge on any atom is 0.325 e. The van der Waals surface area contributed by atoms with E-state index in [0.717, 1.165) is 36.1 Å². The zero-order chi connectivity index (χ0) is 13.5. The van der Waals surface area contributed by atoms with Crippen molar-refractivity contribution in [3.8, 4) is 0 Å². The number of urea groups is 1. The molecule has 0 radical (unpaired) electrons. The number of benzene rings is 1. The van der Waals surface area contributed by atoms with Crippen LogP contribution in [0, 0.1) is 5.41 Å². The number of nitrogens with one attached hydrogen (secondary N) is 3. The van der Waals surface area contributed by atoms with E-state index in [2.05, 4.69) is 17.6 Å². The van der Waals surface area contributed by atoms with Gasteiger partial charge >= 0.3 is 6.03 Å². The third kappa shape index (κ3) is 3.76. The molecule has 18 heavy (non-hydrogen) atoms. The number of guanidine groups is 1. The molecule has 0 unspecified atom stereocenters. The van der Waals surface area contributed by atoms with Gasteiger partial charge in [0.2, 0.25) is 0 Å². The minimum Gasteiger partial charge on any atom is -0.370 e. The van der Waals surface area contributed by atoms with Crippen LogP contribution in [0.4, 0.5) is 10.5 Å². The van der Waals surface area contributed by atoms with E-state index >= 15 is 0 Å². The molecule has 0 aliphatic rings. The predicted octanol–water partition coefficient (Wildman–Crippen LogP) is 2.22. The first-order valence-corrected chi connectivity index (χ1v) is 6.11.